The second-order valence-electron chi connectivity index (χ2n) is 4.12. The van der Waals surface area contributed by atoms with Crippen LogP contribution >= 0.6 is 11.6 Å². The molecule has 1 aromatic heterocycles. The van der Waals surface area contributed by atoms with Crippen LogP contribution in [0.4, 0.5) is 5.82 Å². The SMILES string of the molecule is CCCCC(CCC)Nc1cccc(Cl)n1. The summed E-state index contributed by atoms with van der Waals surface area (Å²) in [6.07, 6.45) is 6.10. The Morgan fingerprint density at radius 2 is 2.06 bits per heavy atom. The van der Waals surface area contributed by atoms with E-state index in [0.29, 0.717) is 11.2 Å². The lowest BCUT2D eigenvalue weighted by Gasteiger charge is -2.18. The van der Waals surface area contributed by atoms with Gasteiger partial charge in [-0.2, -0.15) is 0 Å². The van der Waals surface area contributed by atoms with Crippen LogP contribution in [-0.4, -0.2) is 11.0 Å². The number of hydrogen-bond donors (Lipinski definition) is 1. The molecule has 0 radical (unpaired) electrons. The van der Waals surface area contributed by atoms with Gasteiger partial charge in [0.15, 0.2) is 0 Å². The summed E-state index contributed by atoms with van der Waals surface area (Å²) in [4.78, 5) is 4.26. The van der Waals surface area contributed by atoms with Crippen molar-refractivity contribution >= 4 is 17.4 Å². The summed E-state index contributed by atoms with van der Waals surface area (Å²) in [5.41, 5.74) is 0. The average molecular weight is 241 g/mol. The van der Waals surface area contributed by atoms with Crippen molar-refractivity contribution in [3.05, 3.63) is 23.4 Å². The van der Waals surface area contributed by atoms with Gasteiger partial charge in [0, 0.05) is 6.04 Å². The Morgan fingerprint density at radius 1 is 1.25 bits per heavy atom. The van der Waals surface area contributed by atoms with Crippen LogP contribution in [0.1, 0.15) is 46.0 Å². The second-order valence-corrected chi connectivity index (χ2v) is 4.50. The number of nitrogens with zero attached hydrogens (tertiary/aromatic N) is 1. The summed E-state index contributed by atoms with van der Waals surface area (Å²) in [5.74, 6) is 0.891. The molecule has 0 aromatic carbocycles. The van der Waals surface area contributed by atoms with Crippen molar-refractivity contribution in [3.8, 4) is 0 Å². The maximum absolute atomic E-state index is 5.86. The minimum atomic E-state index is 0.524. The number of aromatic nitrogens is 1. The molecule has 1 unspecified atom stereocenters. The molecule has 3 heteroatoms. The number of anilines is 1. The Morgan fingerprint density at radius 3 is 2.69 bits per heavy atom. The van der Waals surface area contributed by atoms with E-state index in [-0.39, 0.29) is 0 Å². The summed E-state index contributed by atoms with van der Waals surface area (Å²) < 4.78 is 0. The fourth-order valence-electron chi connectivity index (χ4n) is 1.79. The second kappa shape index (κ2) is 7.50. The molecule has 90 valence electrons. The first-order valence-electron chi connectivity index (χ1n) is 6.15. The minimum Gasteiger partial charge on any atom is -0.367 e. The van der Waals surface area contributed by atoms with Crippen LogP contribution in [0.2, 0.25) is 5.15 Å². The summed E-state index contributed by atoms with van der Waals surface area (Å²) >= 11 is 5.86. The highest BCUT2D eigenvalue weighted by molar-refractivity contribution is 6.29. The minimum absolute atomic E-state index is 0.524. The molecule has 0 aliphatic carbocycles. The van der Waals surface area contributed by atoms with Crippen molar-refractivity contribution in [2.75, 3.05) is 5.32 Å². The third-order valence-corrected chi connectivity index (χ3v) is 2.82. The van der Waals surface area contributed by atoms with Crippen molar-refractivity contribution in [1.82, 2.24) is 4.98 Å². The van der Waals surface area contributed by atoms with Crippen LogP contribution in [0.5, 0.6) is 0 Å². The monoisotopic (exact) mass is 240 g/mol. The predicted molar refractivity (Wildman–Crippen MR) is 71.1 cm³/mol. The highest BCUT2D eigenvalue weighted by Crippen LogP contribution is 2.15. The molecule has 0 amide bonds. The smallest absolute Gasteiger partial charge is 0.131 e. The van der Waals surface area contributed by atoms with Crippen LogP contribution in [-0.2, 0) is 0 Å². The van der Waals surface area contributed by atoms with Gasteiger partial charge in [0.05, 0.1) is 0 Å². The van der Waals surface area contributed by atoms with E-state index in [0.717, 1.165) is 5.82 Å². The maximum Gasteiger partial charge on any atom is 0.131 e. The van der Waals surface area contributed by atoms with E-state index >= 15 is 0 Å². The Labute approximate surface area is 103 Å². The maximum atomic E-state index is 5.86. The summed E-state index contributed by atoms with van der Waals surface area (Å²) in [6, 6.07) is 6.23. The summed E-state index contributed by atoms with van der Waals surface area (Å²) in [6.45, 7) is 4.44. The fraction of sp³-hybridized carbons (Fsp3) is 0.615. The molecule has 0 aliphatic rings. The summed E-state index contributed by atoms with van der Waals surface area (Å²) in [5, 5.41) is 4.01. The van der Waals surface area contributed by atoms with Gasteiger partial charge in [-0.3, -0.25) is 0 Å². The first-order valence-corrected chi connectivity index (χ1v) is 6.53. The molecule has 16 heavy (non-hydrogen) atoms. The highest BCUT2D eigenvalue weighted by atomic mass is 35.5. The molecule has 2 nitrogen and oxygen atoms in total. The van der Waals surface area contributed by atoms with Crippen molar-refractivity contribution in [2.45, 2.75) is 52.0 Å². The van der Waals surface area contributed by atoms with Gasteiger partial charge in [-0.05, 0) is 25.0 Å². The van der Waals surface area contributed by atoms with Gasteiger partial charge in [-0.25, -0.2) is 4.98 Å². The number of pyridine rings is 1. The first kappa shape index (κ1) is 13.3. The standard InChI is InChI=1S/C13H21ClN2/c1-3-5-8-11(7-4-2)15-13-10-6-9-12(14)16-13/h6,9-11H,3-5,7-8H2,1-2H3,(H,15,16). The van der Waals surface area contributed by atoms with Crippen molar-refractivity contribution < 1.29 is 0 Å². The van der Waals surface area contributed by atoms with E-state index in [1.165, 1.54) is 32.1 Å². The molecule has 0 aliphatic heterocycles. The van der Waals surface area contributed by atoms with E-state index < -0.39 is 0 Å². The van der Waals surface area contributed by atoms with Gasteiger partial charge < -0.3 is 5.32 Å². The lowest BCUT2D eigenvalue weighted by molar-refractivity contribution is 0.563. The predicted octanol–water partition coefficient (Wildman–Crippen LogP) is 4.51. The van der Waals surface area contributed by atoms with Gasteiger partial charge >= 0.3 is 0 Å². The Hall–Kier alpha value is -0.760. The van der Waals surface area contributed by atoms with E-state index in [2.05, 4.69) is 24.1 Å². The third-order valence-electron chi connectivity index (χ3n) is 2.61. The van der Waals surface area contributed by atoms with E-state index in [4.69, 9.17) is 11.6 Å². The molecule has 0 saturated heterocycles. The fourth-order valence-corrected chi connectivity index (χ4v) is 1.95. The molecule has 1 atom stereocenters. The van der Waals surface area contributed by atoms with Gasteiger partial charge in [0.2, 0.25) is 0 Å². The van der Waals surface area contributed by atoms with Gasteiger partial charge in [-0.15, -0.1) is 0 Å². The molecular weight excluding hydrogens is 220 g/mol. The lowest BCUT2D eigenvalue weighted by Crippen LogP contribution is -2.19. The molecule has 0 bridgehead atoms. The quantitative estimate of drug-likeness (QED) is 0.710. The zero-order valence-corrected chi connectivity index (χ0v) is 10.9. The van der Waals surface area contributed by atoms with E-state index in [1.807, 2.05) is 12.1 Å². The number of halogens is 1. The van der Waals surface area contributed by atoms with Gasteiger partial charge in [0.25, 0.3) is 0 Å². The van der Waals surface area contributed by atoms with Gasteiger partial charge in [-0.1, -0.05) is 50.8 Å². The Bertz CT molecular complexity index is 302. The number of rotatable bonds is 7. The zero-order chi connectivity index (χ0) is 11.8. The largest absolute Gasteiger partial charge is 0.367 e. The van der Waals surface area contributed by atoms with Crippen molar-refractivity contribution in [1.29, 1.82) is 0 Å². The molecular formula is C13H21ClN2. The molecule has 1 aromatic rings. The summed E-state index contributed by atoms with van der Waals surface area (Å²) in [7, 11) is 0. The molecule has 0 spiro atoms. The van der Waals surface area contributed by atoms with Crippen molar-refractivity contribution in [3.63, 3.8) is 0 Å². The highest BCUT2D eigenvalue weighted by Gasteiger charge is 2.07. The number of nitrogens with one attached hydrogen (secondary N) is 1. The molecule has 1 rings (SSSR count). The lowest BCUT2D eigenvalue weighted by atomic mass is 10.1. The van der Waals surface area contributed by atoms with E-state index in [1.54, 1.807) is 6.07 Å². The van der Waals surface area contributed by atoms with E-state index in [9.17, 15) is 0 Å². The van der Waals surface area contributed by atoms with Crippen LogP contribution in [0.3, 0.4) is 0 Å². The number of hydrogen-bond acceptors (Lipinski definition) is 2. The molecule has 0 saturated carbocycles. The van der Waals surface area contributed by atoms with Gasteiger partial charge in [0.1, 0.15) is 11.0 Å². The van der Waals surface area contributed by atoms with Crippen LogP contribution in [0.25, 0.3) is 0 Å². The Balaban J connectivity index is 2.52. The van der Waals surface area contributed by atoms with Crippen LogP contribution < -0.4 is 5.32 Å². The van der Waals surface area contributed by atoms with Crippen LogP contribution in [0, 0.1) is 0 Å². The zero-order valence-electron chi connectivity index (χ0n) is 10.2. The molecule has 1 heterocycles. The van der Waals surface area contributed by atoms with Crippen LogP contribution in [0.15, 0.2) is 18.2 Å². The first-order chi connectivity index (χ1) is 7.76. The van der Waals surface area contributed by atoms with Crippen molar-refractivity contribution in [2.24, 2.45) is 0 Å². The molecule has 1 N–H and O–H groups in total. The number of unbranched alkanes of at least 4 members (excludes halogenated alkanes) is 1. The average Bonchev–Trinajstić information content (AvgIpc) is 2.26. The Kier molecular flexibility index (Phi) is 6.24. The third kappa shape index (κ3) is 4.84. The topological polar surface area (TPSA) is 24.9 Å². The molecule has 0 fully saturated rings. The normalized spacial score (nSPS) is 12.4.